The van der Waals surface area contributed by atoms with Crippen LogP contribution in [0.3, 0.4) is 0 Å². The van der Waals surface area contributed by atoms with E-state index in [1.54, 1.807) is 0 Å². The molecular formula is C10H10N2S. The third kappa shape index (κ3) is 1.76. The van der Waals surface area contributed by atoms with Crippen LogP contribution in [-0.2, 0) is 0 Å². The van der Waals surface area contributed by atoms with Gasteiger partial charge >= 0.3 is 0 Å². The van der Waals surface area contributed by atoms with Crippen molar-refractivity contribution in [1.82, 2.24) is 4.37 Å². The van der Waals surface area contributed by atoms with Crippen LogP contribution in [0.4, 0.5) is 0 Å². The maximum atomic E-state index is 6.00. The number of hydrogen-bond acceptors (Lipinski definition) is 3. The molecule has 2 rings (SSSR count). The van der Waals surface area contributed by atoms with Gasteiger partial charge in [-0.2, -0.15) is 4.37 Å². The zero-order valence-electron chi connectivity index (χ0n) is 7.05. The fourth-order valence-electron chi connectivity index (χ4n) is 1.21. The SMILES string of the molecule is NC(c1ccccc1)c1ccsn1. The lowest BCUT2D eigenvalue weighted by atomic mass is 10.1. The summed E-state index contributed by atoms with van der Waals surface area (Å²) in [5, 5.41) is 1.94. The van der Waals surface area contributed by atoms with Crippen molar-refractivity contribution in [1.29, 1.82) is 0 Å². The summed E-state index contributed by atoms with van der Waals surface area (Å²) in [6.07, 6.45) is 0. The highest BCUT2D eigenvalue weighted by molar-refractivity contribution is 7.03. The topological polar surface area (TPSA) is 38.9 Å². The minimum atomic E-state index is -0.0903. The van der Waals surface area contributed by atoms with Crippen molar-refractivity contribution < 1.29 is 0 Å². The first-order valence-electron chi connectivity index (χ1n) is 4.09. The molecule has 0 aliphatic heterocycles. The maximum absolute atomic E-state index is 6.00. The van der Waals surface area contributed by atoms with Crippen molar-refractivity contribution in [2.24, 2.45) is 5.73 Å². The second kappa shape index (κ2) is 3.68. The van der Waals surface area contributed by atoms with Gasteiger partial charge in [0.05, 0.1) is 11.7 Å². The normalized spacial score (nSPS) is 12.7. The van der Waals surface area contributed by atoms with E-state index < -0.39 is 0 Å². The van der Waals surface area contributed by atoms with Crippen LogP contribution in [0.2, 0.25) is 0 Å². The van der Waals surface area contributed by atoms with Gasteiger partial charge < -0.3 is 5.73 Å². The van der Waals surface area contributed by atoms with Crippen molar-refractivity contribution in [2.45, 2.75) is 6.04 Å². The minimum Gasteiger partial charge on any atom is -0.319 e. The van der Waals surface area contributed by atoms with E-state index >= 15 is 0 Å². The molecule has 66 valence electrons. The van der Waals surface area contributed by atoms with E-state index in [4.69, 9.17) is 5.73 Å². The van der Waals surface area contributed by atoms with E-state index in [1.165, 1.54) is 11.5 Å². The van der Waals surface area contributed by atoms with E-state index in [2.05, 4.69) is 4.37 Å². The summed E-state index contributed by atoms with van der Waals surface area (Å²) in [5.41, 5.74) is 8.05. The minimum absolute atomic E-state index is 0.0903. The van der Waals surface area contributed by atoms with Gasteiger partial charge in [0.25, 0.3) is 0 Å². The Bertz CT molecular complexity index is 356. The third-order valence-corrected chi connectivity index (χ3v) is 2.51. The summed E-state index contributed by atoms with van der Waals surface area (Å²) < 4.78 is 4.21. The summed E-state index contributed by atoms with van der Waals surface area (Å²) in [6.45, 7) is 0. The second-order valence-corrected chi connectivity index (χ2v) is 3.48. The molecule has 0 saturated heterocycles. The lowest BCUT2D eigenvalue weighted by Crippen LogP contribution is -2.11. The average Bonchev–Trinajstić information content (AvgIpc) is 2.71. The molecule has 1 unspecified atom stereocenters. The van der Waals surface area contributed by atoms with Gasteiger partial charge in [0, 0.05) is 5.38 Å². The molecule has 0 aliphatic rings. The van der Waals surface area contributed by atoms with Crippen molar-refractivity contribution in [3.8, 4) is 0 Å². The molecule has 1 atom stereocenters. The Hall–Kier alpha value is -1.19. The van der Waals surface area contributed by atoms with E-state index in [-0.39, 0.29) is 6.04 Å². The van der Waals surface area contributed by atoms with Crippen LogP contribution in [-0.4, -0.2) is 4.37 Å². The van der Waals surface area contributed by atoms with Crippen LogP contribution >= 0.6 is 11.5 Å². The molecule has 2 N–H and O–H groups in total. The molecule has 0 saturated carbocycles. The van der Waals surface area contributed by atoms with Gasteiger partial charge in [-0.05, 0) is 23.2 Å². The standard InChI is InChI=1S/C10H10N2S/c11-10(9-6-7-13-12-9)8-4-2-1-3-5-8/h1-7,10H,11H2. The largest absolute Gasteiger partial charge is 0.319 e. The Kier molecular flexibility index (Phi) is 2.38. The highest BCUT2D eigenvalue weighted by Crippen LogP contribution is 2.17. The summed E-state index contributed by atoms with van der Waals surface area (Å²) >= 11 is 1.43. The van der Waals surface area contributed by atoms with Gasteiger partial charge in [-0.1, -0.05) is 30.3 Å². The fraction of sp³-hybridized carbons (Fsp3) is 0.100. The van der Waals surface area contributed by atoms with E-state index in [1.807, 2.05) is 41.8 Å². The molecular weight excluding hydrogens is 180 g/mol. The van der Waals surface area contributed by atoms with Gasteiger partial charge in [-0.3, -0.25) is 0 Å². The number of nitrogens with zero attached hydrogens (tertiary/aromatic N) is 1. The van der Waals surface area contributed by atoms with Gasteiger partial charge in [-0.15, -0.1) is 0 Å². The lowest BCUT2D eigenvalue weighted by Gasteiger charge is -2.07. The fourth-order valence-corrected chi connectivity index (χ4v) is 1.77. The average molecular weight is 190 g/mol. The molecule has 0 fully saturated rings. The molecule has 3 heteroatoms. The molecule has 2 aromatic rings. The van der Waals surface area contributed by atoms with Crippen LogP contribution in [0.5, 0.6) is 0 Å². The predicted octanol–water partition coefficient (Wildman–Crippen LogP) is 2.19. The molecule has 1 aromatic carbocycles. The summed E-state index contributed by atoms with van der Waals surface area (Å²) in [4.78, 5) is 0. The number of nitrogens with two attached hydrogens (primary N) is 1. The van der Waals surface area contributed by atoms with Crippen molar-refractivity contribution in [3.63, 3.8) is 0 Å². The van der Waals surface area contributed by atoms with Gasteiger partial charge in [-0.25, -0.2) is 0 Å². The van der Waals surface area contributed by atoms with Crippen LogP contribution in [0, 0.1) is 0 Å². The van der Waals surface area contributed by atoms with E-state index in [0.29, 0.717) is 0 Å². The highest BCUT2D eigenvalue weighted by Gasteiger charge is 2.09. The first-order valence-corrected chi connectivity index (χ1v) is 4.92. The van der Waals surface area contributed by atoms with Crippen LogP contribution in [0.1, 0.15) is 17.3 Å². The first kappa shape index (κ1) is 8.41. The summed E-state index contributed by atoms with van der Waals surface area (Å²) in [7, 11) is 0. The Morgan fingerprint density at radius 3 is 2.54 bits per heavy atom. The molecule has 0 aliphatic carbocycles. The quantitative estimate of drug-likeness (QED) is 0.788. The van der Waals surface area contributed by atoms with Crippen LogP contribution < -0.4 is 5.73 Å². The molecule has 2 nitrogen and oxygen atoms in total. The summed E-state index contributed by atoms with van der Waals surface area (Å²) in [6, 6.07) is 11.9. The number of aromatic nitrogens is 1. The second-order valence-electron chi connectivity index (χ2n) is 2.81. The van der Waals surface area contributed by atoms with Crippen molar-refractivity contribution in [2.75, 3.05) is 0 Å². The van der Waals surface area contributed by atoms with Gasteiger partial charge in [0.1, 0.15) is 0 Å². The predicted molar refractivity (Wildman–Crippen MR) is 54.6 cm³/mol. The maximum Gasteiger partial charge on any atom is 0.0754 e. The van der Waals surface area contributed by atoms with Crippen LogP contribution in [0.15, 0.2) is 41.8 Å². The number of rotatable bonds is 2. The van der Waals surface area contributed by atoms with Gasteiger partial charge in [0.15, 0.2) is 0 Å². The lowest BCUT2D eigenvalue weighted by molar-refractivity contribution is 0.846. The molecule has 1 aromatic heterocycles. The van der Waals surface area contributed by atoms with E-state index in [9.17, 15) is 0 Å². The molecule has 0 bridgehead atoms. The third-order valence-electron chi connectivity index (χ3n) is 1.94. The Morgan fingerprint density at radius 2 is 1.92 bits per heavy atom. The Balaban J connectivity index is 2.29. The smallest absolute Gasteiger partial charge is 0.0754 e. The van der Waals surface area contributed by atoms with Gasteiger partial charge in [0.2, 0.25) is 0 Å². The van der Waals surface area contributed by atoms with E-state index in [0.717, 1.165) is 11.3 Å². The zero-order chi connectivity index (χ0) is 9.10. The zero-order valence-corrected chi connectivity index (χ0v) is 7.87. The van der Waals surface area contributed by atoms with Crippen molar-refractivity contribution >= 4 is 11.5 Å². The molecule has 0 amide bonds. The highest BCUT2D eigenvalue weighted by atomic mass is 32.1. The van der Waals surface area contributed by atoms with Crippen LogP contribution in [0.25, 0.3) is 0 Å². The Morgan fingerprint density at radius 1 is 1.15 bits per heavy atom. The number of hydrogen-bond donors (Lipinski definition) is 1. The monoisotopic (exact) mass is 190 g/mol. The molecule has 13 heavy (non-hydrogen) atoms. The molecule has 0 spiro atoms. The molecule has 1 heterocycles. The first-order chi connectivity index (χ1) is 6.38. The van der Waals surface area contributed by atoms with Crippen molar-refractivity contribution in [3.05, 3.63) is 53.0 Å². The summed E-state index contributed by atoms with van der Waals surface area (Å²) in [5.74, 6) is 0. The number of benzene rings is 1. The molecule has 0 radical (unpaired) electrons. The Labute approximate surface area is 81.2 Å².